The number of carbonyl (C=O) groups excluding carboxylic acids is 1. The summed E-state index contributed by atoms with van der Waals surface area (Å²) in [6, 6.07) is 11.7. The van der Waals surface area contributed by atoms with Gasteiger partial charge in [-0.3, -0.25) is 4.79 Å². The zero-order valence-electron chi connectivity index (χ0n) is 12.6. The maximum absolute atomic E-state index is 12.0. The summed E-state index contributed by atoms with van der Waals surface area (Å²) >= 11 is 0. The molecule has 0 saturated heterocycles. The SMILES string of the molecule is CCOc1ccc(/C=C/C(=O)c2cccc(O)c2)cc1OC. The number of methoxy groups -OCH3 is 1. The zero-order valence-corrected chi connectivity index (χ0v) is 12.6. The molecule has 2 aromatic rings. The number of carbonyl (C=O) groups is 1. The van der Waals surface area contributed by atoms with E-state index in [0.717, 1.165) is 5.56 Å². The van der Waals surface area contributed by atoms with E-state index >= 15 is 0 Å². The molecule has 1 N–H and O–H groups in total. The van der Waals surface area contributed by atoms with Crippen LogP contribution in [0.4, 0.5) is 0 Å². The third-order valence-corrected chi connectivity index (χ3v) is 3.05. The summed E-state index contributed by atoms with van der Waals surface area (Å²) in [4.78, 5) is 12.0. The second-order valence-electron chi connectivity index (χ2n) is 4.59. The van der Waals surface area contributed by atoms with Crippen molar-refractivity contribution in [2.24, 2.45) is 0 Å². The van der Waals surface area contributed by atoms with Gasteiger partial charge in [-0.1, -0.05) is 24.3 Å². The molecule has 4 heteroatoms. The predicted molar refractivity (Wildman–Crippen MR) is 85.6 cm³/mol. The highest BCUT2D eigenvalue weighted by Gasteiger charge is 2.05. The number of rotatable bonds is 6. The van der Waals surface area contributed by atoms with Crippen molar-refractivity contribution in [1.29, 1.82) is 0 Å². The number of aromatic hydroxyl groups is 1. The van der Waals surface area contributed by atoms with Crippen LogP contribution in [0.1, 0.15) is 22.8 Å². The molecular formula is C18H18O4. The lowest BCUT2D eigenvalue weighted by atomic mass is 10.1. The van der Waals surface area contributed by atoms with Crippen molar-refractivity contribution >= 4 is 11.9 Å². The van der Waals surface area contributed by atoms with Gasteiger partial charge in [-0.25, -0.2) is 0 Å². The van der Waals surface area contributed by atoms with Crippen LogP contribution >= 0.6 is 0 Å². The summed E-state index contributed by atoms with van der Waals surface area (Å²) in [5.41, 5.74) is 1.27. The van der Waals surface area contributed by atoms with E-state index in [9.17, 15) is 9.90 Å². The van der Waals surface area contributed by atoms with E-state index in [1.807, 2.05) is 13.0 Å². The number of ketones is 1. The molecule has 0 aliphatic rings. The molecule has 4 nitrogen and oxygen atoms in total. The van der Waals surface area contributed by atoms with Crippen molar-refractivity contribution in [2.75, 3.05) is 13.7 Å². The highest BCUT2D eigenvalue weighted by Crippen LogP contribution is 2.28. The largest absolute Gasteiger partial charge is 0.508 e. The lowest BCUT2D eigenvalue weighted by molar-refractivity contribution is 0.104. The van der Waals surface area contributed by atoms with Gasteiger partial charge in [0, 0.05) is 5.56 Å². The first-order valence-electron chi connectivity index (χ1n) is 6.96. The number of hydrogen-bond donors (Lipinski definition) is 1. The van der Waals surface area contributed by atoms with E-state index in [4.69, 9.17) is 9.47 Å². The van der Waals surface area contributed by atoms with Crippen LogP contribution in [-0.4, -0.2) is 24.6 Å². The predicted octanol–water partition coefficient (Wildman–Crippen LogP) is 3.70. The van der Waals surface area contributed by atoms with Crippen molar-refractivity contribution in [3.8, 4) is 17.2 Å². The number of allylic oxidation sites excluding steroid dienone is 1. The fourth-order valence-electron chi connectivity index (χ4n) is 1.99. The van der Waals surface area contributed by atoms with Crippen molar-refractivity contribution in [2.45, 2.75) is 6.92 Å². The summed E-state index contributed by atoms with van der Waals surface area (Å²) < 4.78 is 10.7. The summed E-state index contributed by atoms with van der Waals surface area (Å²) in [5.74, 6) is 1.18. The van der Waals surface area contributed by atoms with Gasteiger partial charge in [0.15, 0.2) is 17.3 Å². The molecule has 0 aromatic heterocycles. The molecule has 22 heavy (non-hydrogen) atoms. The quantitative estimate of drug-likeness (QED) is 0.652. The number of phenolic OH excluding ortho intramolecular Hbond substituents is 1. The monoisotopic (exact) mass is 298 g/mol. The van der Waals surface area contributed by atoms with Gasteiger partial charge >= 0.3 is 0 Å². The van der Waals surface area contributed by atoms with E-state index < -0.39 is 0 Å². The molecule has 2 rings (SSSR count). The van der Waals surface area contributed by atoms with Crippen molar-refractivity contribution in [3.63, 3.8) is 0 Å². The molecule has 0 spiro atoms. The molecule has 0 radical (unpaired) electrons. The summed E-state index contributed by atoms with van der Waals surface area (Å²) in [5, 5.41) is 9.39. The number of phenols is 1. The molecule has 0 fully saturated rings. The van der Waals surface area contributed by atoms with Gasteiger partial charge in [0.1, 0.15) is 5.75 Å². The number of hydrogen-bond acceptors (Lipinski definition) is 4. The average Bonchev–Trinajstić information content (AvgIpc) is 2.53. The Balaban J connectivity index is 2.17. The molecule has 0 aliphatic carbocycles. The minimum atomic E-state index is -0.177. The average molecular weight is 298 g/mol. The second kappa shape index (κ2) is 7.31. The van der Waals surface area contributed by atoms with Gasteiger partial charge in [-0.2, -0.15) is 0 Å². The first kappa shape index (κ1) is 15.6. The maximum atomic E-state index is 12.0. The molecule has 0 atom stereocenters. The molecule has 114 valence electrons. The van der Waals surface area contributed by atoms with Crippen LogP contribution in [0, 0.1) is 0 Å². The minimum absolute atomic E-state index is 0.0713. The summed E-state index contributed by atoms with van der Waals surface area (Å²) in [6.07, 6.45) is 3.16. The van der Waals surface area contributed by atoms with Crippen LogP contribution in [0.2, 0.25) is 0 Å². The fraction of sp³-hybridized carbons (Fsp3) is 0.167. The Labute approximate surface area is 129 Å². The smallest absolute Gasteiger partial charge is 0.185 e. The Morgan fingerprint density at radius 3 is 2.68 bits per heavy atom. The van der Waals surface area contributed by atoms with Gasteiger partial charge in [-0.15, -0.1) is 0 Å². The van der Waals surface area contributed by atoms with E-state index in [0.29, 0.717) is 23.7 Å². The lowest BCUT2D eigenvalue weighted by Gasteiger charge is -2.09. The van der Waals surface area contributed by atoms with E-state index in [-0.39, 0.29) is 11.5 Å². The molecule has 0 saturated carbocycles. The van der Waals surface area contributed by atoms with Crippen molar-refractivity contribution < 1.29 is 19.4 Å². The van der Waals surface area contributed by atoms with Gasteiger partial charge in [0.2, 0.25) is 0 Å². The number of ether oxygens (including phenoxy) is 2. The molecule has 0 amide bonds. The van der Waals surface area contributed by atoms with Crippen LogP contribution in [0.25, 0.3) is 6.08 Å². The summed E-state index contributed by atoms with van der Waals surface area (Å²) in [7, 11) is 1.57. The highest BCUT2D eigenvalue weighted by molar-refractivity contribution is 6.07. The number of benzene rings is 2. The Morgan fingerprint density at radius 1 is 1.18 bits per heavy atom. The first-order valence-corrected chi connectivity index (χ1v) is 6.96. The molecule has 2 aromatic carbocycles. The molecule has 0 bridgehead atoms. The van der Waals surface area contributed by atoms with Crippen LogP contribution in [0.5, 0.6) is 17.2 Å². The van der Waals surface area contributed by atoms with Gasteiger partial charge in [0.05, 0.1) is 13.7 Å². The van der Waals surface area contributed by atoms with Crippen LogP contribution < -0.4 is 9.47 Å². The standard InChI is InChI=1S/C18H18O4/c1-3-22-17-10-8-13(11-18(17)21-2)7-9-16(20)14-5-4-6-15(19)12-14/h4-12,19H,3H2,1-2H3/b9-7+. The molecule has 0 unspecified atom stereocenters. The zero-order chi connectivity index (χ0) is 15.9. The van der Waals surface area contributed by atoms with Crippen LogP contribution in [0.3, 0.4) is 0 Å². The van der Waals surface area contributed by atoms with Gasteiger partial charge in [0.25, 0.3) is 0 Å². The second-order valence-corrected chi connectivity index (χ2v) is 4.59. The minimum Gasteiger partial charge on any atom is -0.508 e. The normalized spacial score (nSPS) is 10.6. The van der Waals surface area contributed by atoms with Crippen molar-refractivity contribution in [1.82, 2.24) is 0 Å². The van der Waals surface area contributed by atoms with Crippen LogP contribution in [0.15, 0.2) is 48.5 Å². The van der Waals surface area contributed by atoms with Crippen LogP contribution in [-0.2, 0) is 0 Å². The molecule has 0 heterocycles. The Hall–Kier alpha value is -2.75. The Morgan fingerprint density at radius 2 is 2.00 bits per heavy atom. The third-order valence-electron chi connectivity index (χ3n) is 3.05. The third kappa shape index (κ3) is 3.88. The lowest BCUT2D eigenvalue weighted by Crippen LogP contribution is -1.96. The fourth-order valence-corrected chi connectivity index (χ4v) is 1.99. The van der Waals surface area contributed by atoms with E-state index in [1.54, 1.807) is 37.5 Å². The van der Waals surface area contributed by atoms with Gasteiger partial charge < -0.3 is 14.6 Å². The topological polar surface area (TPSA) is 55.8 Å². The summed E-state index contributed by atoms with van der Waals surface area (Å²) in [6.45, 7) is 2.46. The Kier molecular flexibility index (Phi) is 5.20. The maximum Gasteiger partial charge on any atom is 0.185 e. The van der Waals surface area contributed by atoms with E-state index in [2.05, 4.69) is 0 Å². The van der Waals surface area contributed by atoms with E-state index in [1.165, 1.54) is 18.2 Å². The first-order chi connectivity index (χ1) is 10.6. The molecular weight excluding hydrogens is 280 g/mol. The molecule has 0 aliphatic heterocycles. The van der Waals surface area contributed by atoms with Gasteiger partial charge in [-0.05, 0) is 42.8 Å². The highest BCUT2D eigenvalue weighted by atomic mass is 16.5. The Bertz CT molecular complexity index is 689. The van der Waals surface area contributed by atoms with Crippen molar-refractivity contribution in [3.05, 3.63) is 59.7 Å².